The first-order valence-corrected chi connectivity index (χ1v) is 7.67. The summed E-state index contributed by atoms with van der Waals surface area (Å²) < 4.78 is 0. The van der Waals surface area contributed by atoms with Gasteiger partial charge in [0.25, 0.3) is 0 Å². The van der Waals surface area contributed by atoms with Gasteiger partial charge in [0.15, 0.2) is 0 Å². The summed E-state index contributed by atoms with van der Waals surface area (Å²) in [5, 5.41) is 11.1. The summed E-state index contributed by atoms with van der Waals surface area (Å²) in [6.07, 6.45) is 6.26. The van der Waals surface area contributed by atoms with Crippen LogP contribution in [0.2, 0.25) is 5.02 Å². The van der Waals surface area contributed by atoms with E-state index in [0.29, 0.717) is 10.3 Å². The average Bonchev–Trinajstić information content (AvgIpc) is 2.41. The Hall–Kier alpha value is -0.720. The Bertz CT molecular complexity index is 444. The van der Waals surface area contributed by atoms with Gasteiger partial charge in [0.2, 0.25) is 0 Å². The Labute approximate surface area is 118 Å². The van der Waals surface area contributed by atoms with Crippen LogP contribution in [0.5, 0.6) is 0 Å². The highest BCUT2D eigenvalue weighted by molar-refractivity contribution is 8.00. The van der Waals surface area contributed by atoms with Gasteiger partial charge < -0.3 is 0 Å². The Morgan fingerprint density at radius 1 is 1.56 bits per heavy atom. The fraction of sp³-hybridized carbons (Fsp3) is 0.571. The Kier molecular flexibility index (Phi) is 4.91. The van der Waals surface area contributed by atoms with Crippen molar-refractivity contribution in [3.05, 3.63) is 23.4 Å². The van der Waals surface area contributed by atoms with E-state index >= 15 is 0 Å². The van der Waals surface area contributed by atoms with Gasteiger partial charge in [-0.15, -0.1) is 11.8 Å². The molecule has 0 radical (unpaired) electrons. The molecular weight excluding hydrogens is 264 g/mol. The first kappa shape index (κ1) is 13.7. The van der Waals surface area contributed by atoms with Crippen molar-refractivity contribution in [1.82, 2.24) is 4.98 Å². The highest BCUT2D eigenvalue weighted by atomic mass is 35.5. The molecule has 96 valence electrons. The molecule has 0 saturated heterocycles. The minimum Gasteiger partial charge on any atom is -0.248 e. The molecule has 2 rings (SSSR count). The lowest BCUT2D eigenvalue weighted by Gasteiger charge is -2.31. The first-order valence-electron chi connectivity index (χ1n) is 6.41. The third-order valence-corrected chi connectivity index (χ3v) is 5.42. The van der Waals surface area contributed by atoms with Gasteiger partial charge in [-0.2, -0.15) is 5.26 Å². The smallest absolute Gasteiger partial charge is 0.115 e. The molecule has 3 unspecified atom stereocenters. The molecule has 1 aliphatic rings. The highest BCUT2D eigenvalue weighted by Crippen LogP contribution is 2.41. The molecule has 0 amide bonds. The maximum Gasteiger partial charge on any atom is 0.115 e. The molecule has 1 heterocycles. The van der Waals surface area contributed by atoms with Crippen LogP contribution in [0.15, 0.2) is 23.4 Å². The third kappa shape index (κ3) is 3.18. The number of hydrogen-bond donors (Lipinski definition) is 0. The van der Waals surface area contributed by atoms with Crippen LogP contribution in [0.4, 0.5) is 0 Å². The van der Waals surface area contributed by atoms with E-state index in [0.717, 1.165) is 23.8 Å². The van der Waals surface area contributed by atoms with Crippen LogP contribution in [-0.4, -0.2) is 10.2 Å². The van der Waals surface area contributed by atoms with Crippen molar-refractivity contribution in [3.63, 3.8) is 0 Å². The number of nitriles is 1. The molecule has 0 spiro atoms. The van der Waals surface area contributed by atoms with Crippen molar-refractivity contribution in [3.8, 4) is 6.07 Å². The number of aromatic nitrogens is 1. The van der Waals surface area contributed by atoms with E-state index in [-0.39, 0.29) is 5.92 Å². The second-order valence-electron chi connectivity index (χ2n) is 4.77. The molecule has 1 aromatic rings. The van der Waals surface area contributed by atoms with Crippen molar-refractivity contribution >= 4 is 23.4 Å². The number of hydrogen-bond acceptors (Lipinski definition) is 3. The molecule has 0 N–H and O–H groups in total. The first-order chi connectivity index (χ1) is 8.74. The molecule has 1 saturated carbocycles. The van der Waals surface area contributed by atoms with E-state index in [9.17, 15) is 5.26 Å². The van der Waals surface area contributed by atoms with Crippen LogP contribution in [0.3, 0.4) is 0 Å². The SMILES string of the molecule is CCC1CCC(C#N)C(Sc2ncccc2Cl)C1. The Balaban J connectivity index is 2.10. The highest BCUT2D eigenvalue weighted by Gasteiger charge is 2.31. The lowest BCUT2D eigenvalue weighted by atomic mass is 9.81. The van der Waals surface area contributed by atoms with Crippen LogP contribution >= 0.6 is 23.4 Å². The van der Waals surface area contributed by atoms with Crippen molar-refractivity contribution in [1.29, 1.82) is 5.26 Å². The summed E-state index contributed by atoms with van der Waals surface area (Å²) in [5.74, 6) is 0.880. The average molecular weight is 281 g/mol. The molecule has 3 atom stereocenters. The molecule has 1 fully saturated rings. The van der Waals surface area contributed by atoms with Gasteiger partial charge in [-0.05, 0) is 37.3 Å². The molecule has 4 heteroatoms. The van der Waals surface area contributed by atoms with Gasteiger partial charge in [0.05, 0.1) is 17.0 Å². The standard InChI is InChI=1S/C14H17ClN2S/c1-2-10-5-6-11(9-16)13(8-10)18-14-12(15)4-3-7-17-14/h3-4,7,10-11,13H,2,5-6,8H2,1H3. The van der Waals surface area contributed by atoms with E-state index in [1.807, 2.05) is 12.1 Å². The summed E-state index contributed by atoms with van der Waals surface area (Å²) in [7, 11) is 0. The second kappa shape index (κ2) is 6.45. The number of nitrogens with zero attached hydrogens (tertiary/aromatic N) is 2. The van der Waals surface area contributed by atoms with E-state index in [1.165, 1.54) is 12.8 Å². The number of thioether (sulfide) groups is 1. The lowest BCUT2D eigenvalue weighted by Crippen LogP contribution is -2.26. The van der Waals surface area contributed by atoms with Crippen LogP contribution in [0, 0.1) is 23.2 Å². The molecule has 0 bridgehead atoms. The number of rotatable bonds is 3. The van der Waals surface area contributed by atoms with Gasteiger partial charge >= 0.3 is 0 Å². The zero-order chi connectivity index (χ0) is 13.0. The van der Waals surface area contributed by atoms with Gasteiger partial charge in [-0.1, -0.05) is 24.9 Å². The molecule has 0 aromatic carbocycles. The van der Waals surface area contributed by atoms with Crippen molar-refractivity contribution in [2.45, 2.75) is 42.9 Å². The fourth-order valence-corrected chi connectivity index (χ4v) is 4.04. The topological polar surface area (TPSA) is 36.7 Å². The normalized spacial score (nSPS) is 27.7. The zero-order valence-corrected chi connectivity index (χ0v) is 12.0. The Morgan fingerprint density at radius 2 is 2.39 bits per heavy atom. The zero-order valence-electron chi connectivity index (χ0n) is 10.5. The summed E-state index contributed by atoms with van der Waals surface area (Å²) in [6.45, 7) is 2.23. The minimum absolute atomic E-state index is 0.135. The number of pyridine rings is 1. The molecule has 18 heavy (non-hydrogen) atoms. The van der Waals surface area contributed by atoms with Gasteiger partial charge in [0.1, 0.15) is 5.03 Å². The largest absolute Gasteiger partial charge is 0.248 e. The second-order valence-corrected chi connectivity index (χ2v) is 6.40. The van der Waals surface area contributed by atoms with Gasteiger partial charge in [-0.25, -0.2) is 4.98 Å². The monoisotopic (exact) mass is 280 g/mol. The van der Waals surface area contributed by atoms with Crippen LogP contribution < -0.4 is 0 Å². The fourth-order valence-electron chi connectivity index (χ4n) is 2.46. The van der Waals surface area contributed by atoms with Crippen molar-refractivity contribution < 1.29 is 0 Å². The van der Waals surface area contributed by atoms with Crippen LogP contribution in [0.1, 0.15) is 32.6 Å². The minimum atomic E-state index is 0.135. The lowest BCUT2D eigenvalue weighted by molar-refractivity contribution is 0.317. The predicted octanol–water partition coefficient (Wildman–Crippen LogP) is 4.55. The summed E-state index contributed by atoms with van der Waals surface area (Å²) in [4.78, 5) is 4.31. The molecule has 0 aliphatic heterocycles. The van der Waals surface area contributed by atoms with Gasteiger partial charge in [0, 0.05) is 11.4 Å². The van der Waals surface area contributed by atoms with Crippen LogP contribution in [-0.2, 0) is 0 Å². The maximum atomic E-state index is 9.25. The van der Waals surface area contributed by atoms with E-state index in [4.69, 9.17) is 11.6 Å². The van der Waals surface area contributed by atoms with E-state index < -0.39 is 0 Å². The predicted molar refractivity (Wildman–Crippen MR) is 75.6 cm³/mol. The van der Waals surface area contributed by atoms with E-state index in [2.05, 4.69) is 18.0 Å². The third-order valence-electron chi connectivity index (χ3n) is 3.63. The summed E-state index contributed by atoms with van der Waals surface area (Å²) in [5.41, 5.74) is 0. The molecular formula is C14H17ClN2S. The van der Waals surface area contributed by atoms with Gasteiger partial charge in [-0.3, -0.25) is 0 Å². The number of halogens is 1. The van der Waals surface area contributed by atoms with Crippen LogP contribution in [0.25, 0.3) is 0 Å². The summed E-state index contributed by atoms with van der Waals surface area (Å²) in [6, 6.07) is 6.14. The van der Waals surface area contributed by atoms with Crippen molar-refractivity contribution in [2.75, 3.05) is 0 Å². The summed E-state index contributed by atoms with van der Waals surface area (Å²) >= 11 is 7.82. The molecule has 1 aromatic heterocycles. The molecule has 2 nitrogen and oxygen atoms in total. The quantitative estimate of drug-likeness (QED) is 0.815. The molecule has 1 aliphatic carbocycles. The van der Waals surface area contributed by atoms with Crippen molar-refractivity contribution in [2.24, 2.45) is 11.8 Å². The Morgan fingerprint density at radius 3 is 3.06 bits per heavy atom. The maximum absolute atomic E-state index is 9.25. The van der Waals surface area contributed by atoms with E-state index in [1.54, 1.807) is 18.0 Å².